The van der Waals surface area contributed by atoms with Crippen LogP contribution in [0.25, 0.3) is 0 Å². The van der Waals surface area contributed by atoms with Crippen LogP contribution in [0.1, 0.15) is 10.4 Å². The summed E-state index contributed by atoms with van der Waals surface area (Å²) in [5, 5.41) is 2.03. The van der Waals surface area contributed by atoms with Gasteiger partial charge in [-0.05, 0) is 30.5 Å². The van der Waals surface area contributed by atoms with Crippen LogP contribution in [0.4, 0.5) is 0 Å². The molecule has 5 nitrogen and oxygen atoms in total. The number of rotatable bonds is 6. The van der Waals surface area contributed by atoms with E-state index in [1.54, 1.807) is 52.3 Å². The fourth-order valence-corrected chi connectivity index (χ4v) is 5.95. The Balaban J connectivity index is 1.50. The van der Waals surface area contributed by atoms with E-state index >= 15 is 0 Å². The molecular weight excluding hydrogens is 388 g/mol. The number of amides is 1. The van der Waals surface area contributed by atoms with Crippen LogP contribution in [0, 0.1) is 6.92 Å². The Morgan fingerprint density at radius 1 is 1.12 bits per heavy atom. The van der Waals surface area contributed by atoms with Gasteiger partial charge in [0.25, 0.3) is 0 Å². The average Bonchev–Trinajstić information content (AvgIpc) is 3.15. The van der Waals surface area contributed by atoms with E-state index < -0.39 is 10.0 Å². The lowest BCUT2D eigenvalue weighted by Gasteiger charge is -2.34. The molecule has 0 aliphatic carbocycles. The Labute approximate surface area is 163 Å². The summed E-state index contributed by atoms with van der Waals surface area (Å²) in [6, 6.07) is 11.0. The number of aryl methyl sites for hydroxylation is 1. The number of carbonyl (C=O) groups is 1. The molecule has 0 saturated carbocycles. The summed E-state index contributed by atoms with van der Waals surface area (Å²) in [5.74, 6) is 1.35. The Morgan fingerprint density at radius 3 is 2.42 bits per heavy atom. The van der Waals surface area contributed by atoms with Gasteiger partial charge in [-0.2, -0.15) is 4.31 Å². The third-order valence-corrected chi connectivity index (χ3v) is 8.24. The second-order valence-electron chi connectivity index (χ2n) is 6.17. The second kappa shape index (κ2) is 8.56. The molecular formula is C18H22N2O3S3. The van der Waals surface area contributed by atoms with Gasteiger partial charge in [-0.15, -0.1) is 23.1 Å². The minimum absolute atomic E-state index is 0.0824. The van der Waals surface area contributed by atoms with Crippen LogP contribution in [-0.2, 0) is 20.6 Å². The number of thioether (sulfide) groups is 1. The summed E-state index contributed by atoms with van der Waals surface area (Å²) in [5.41, 5.74) is 1.03. The van der Waals surface area contributed by atoms with Gasteiger partial charge >= 0.3 is 0 Å². The molecule has 1 aromatic carbocycles. The number of sulfonamides is 1. The maximum atomic E-state index is 12.7. The maximum Gasteiger partial charge on any atom is 0.243 e. The van der Waals surface area contributed by atoms with Gasteiger partial charge < -0.3 is 4.90 Å². The zero-order valence-electron chi connectivity index (χ0n) is 14.6. The Hall–Kier alpha value is -1.35. The molecule has 0 spiro atoms. The van der Waals surface area contributed by atoms with Crippen LogP contribution in [0.3, 0.4) is 0 Å². The minimum Gasteiger partial charge on any atom is -0.339 e. The SMILES string of the molecule is Cc1ccc(S(=O)(=O)N2CCN(C(=O)CSCc3cccs3)CC2)cc1. The first-order valence-electron chi connectivity index (χ1n) is 8.41. The molecule has 2 heterocycles. The first-order chi connectivity index (χ1) is 12.5. The third kappa shape index (κ3) is 4.68. The Bertz CT molecular complexity index is 825. The fourth-order valence-electron chi connectivity index (χ4n) is 2.76. The van der Waals surface area contributed by atoms with Crippen molar-refractivity contribution in [2.45, 2.75) is 17.6 Å². The molecule has 0 unspecified atom stereocenters. The summed E-state index contributed by atoms with van der Waals surface area (Å²) < 4.78 is 26.9. The molecule has 140 valence electrons. The smallest absolute Gasteiger partial charge is 0.243 e. The molecule has 1 aromatic heterocycles. The highest BCUT2D eigenvalue weighted by Gasteiger charge is 2.29. The molecule has 3 rings (SSSR count). The molecule has 1 saturated heterocycles. The van der Waals surface area contributed by atoms with Crippen molar-refractivity contribution in [1.29, 1.82) is 0 Å². The molecule has 0 radical (unpaired) electrons. The lowest BCUT2D eigenvalue weighted by molar-refractivity contribution is -0.129. The first-order valence-corrected chi connectivity index (χ1v) is 11.9. The third-order valence-electron chi connectivity index (χ3n) is 4.30. The van der Waals surface area contributed by atoms with Crippen LogP contribution >= 0.6 is 23.1 Å². The van der Waals surface area contributed by atoms with Crippen molar-refractivity contribution in [1.82, 2.24) is 9.21 Å². The topological polar surface area (TPSA) is 57.7 Å². The lowest BCUT2D eigenvalue weighted by atomic mass is 10.2. The predicted octanol–water partition coefficient (Wildman–Crippen LogP) is 2.82. The largest absolute Gasteiger partial charge is 0.339 e. The zero-order valence-corrected chi connectivity index (χ0v) is 17.1. The molecule has 2 aromatic rings. The van der Waals surface area contributed by atoms with Gasteiger partial charge in [-0.1, -0.05) is 23.8 Å². The molecule has 1 aliphatic heterocycles. The van der Waals surface area contributed by atoms with Crippen LogP contribution in [0.2, 0.25) is 0 Å². The number of benzene rings is 1. The van der Waals surface area contributed by atoms with E-state index in [2.05, 4.69) is 6.07 Å². The van der Waals surface area contributed by atoms with Crippen molar-refractivity contribution < 1.29 is 13.2 Å². The van der Waals surface area contributed by atoms with E-state index in [4.69, 9.17) is 0 Å². The van der Waals surface area contributed by atoms with Gasteiger partial charge in [0.1, 0.15) is 0 Å². The zero-order chi connectivity index (χ0) is 18.6. The molecule has 0 bridgehead atoms. The minimum atomic E-state index is -3.48. The number of hydrogen-bond donors (Lipinski definition) is 0. The molecule has 1 fully saturated rings. The standard InChI is InChI=1S/C18H22N2O3S3/c1-15-4-6-17(7-5-15)26(22,23)20-10-8-19(9-11-20)18(21)14-24-13-16-3-2-12-25-16/h2-7,12H,8-11,13-14H2,1H3. The summed E-state index contributed by atoms with van der Waals surface area (Å²) in [6.45, 7) is 3.51. The molecule has 8 heteroatoms. The van der Waals surface area contributed by atoms with Gasteiger partial charge in [0.05, 0.1) is 10.6 Å². The summed E-state index contributed by atoms with van der Waals surface area (Å²) in [4.78, 5) is 15.7. The van der Waals surface area contributed by atoms with Crippen molar-refractivity contribution in [2.75, 3.05) is 31.9 Å². The monoisotopic (exact) mass is 410 g/mol. The highest BCUT2D eigenvalue weighted by molar-refractivity contribution is 7.99. The first kappa shape index (κ1) is 19.4. The van der Waals surface area contributed by atoms with E-state index in [1.165, 1.54) is 9.18 Å². The quantitative estimate of drug-likeness (QED) is 0.735. The molecule has 26 heavy (non-hydrogen) atoms. The van der Waals surface area contributed by atoms with E-state index in [9.17, 15) is 13.2 Å². The van der Waals surface area contributed by atoms with Crippen LogP contribution < -0.4 is 0 Å². The molecule has 0 atom stereocenters. The molecule has 0 N–H and O–H groups in total. The number of piperazine rings is 1. The normalized spacial score (nSPS) is 16.0. The van der Waals surface area contributed by atoms with Crippen molar-refractivity contribution in [3.05, 3.63) is 52.2 Å². The van der Waals surface area contributed by atoms with Gasteiger partial charge in [0, 0.05) is 36.8 Å². The van der Waals surface area contributed by atoms with Crippen LogP contribution in [0.5, 0.6) is 0 Å². The molecule has 1 amide bonds. The van der Waals surface area contributed by atoms with Crippen molar-refractivity contribution >= 4 is 39.0 Å². The molecule has 1 aliphatic rings. The number of thiophene rings is 1. The number of nitrogens with zero attached hydrogens (tertiary/aromatic N) is 2. The summed E-state index contributed by atoms with van der Waals surface area (Å²) in [7, 11) is -3.48. The number of carbonyl (C=O) groups excluding carboxylic acids is 1. The van der Waals surface area contributed by atoms with Crippen LogP contribution in [0.15, 0.2) is 46.7 Å². The van der Waals surface area contributed by atoms with E-state index in [-0.39, 0.29) is 5.91 Å². The highest BCUT2D eigenvalue weighted by atomic mass is 32.2. The van der Waals surface area contributed by atoms with E-state index in [0.29, 0.717) is 36.8 Å². The second-order valence-corrected chi connectivity index (χ2v) is 10.1. The van der Waals surface area contributed by atoms with E-state index in [0.717, 1.165) is 11.3 Å². The Kier molecular flexibility index (Phi) is 6.39. The van der Waals surface area contributed by atoms with Crippen molar-refractivity contribution in [3.8, 4) is 0 Å². The lowest BCUT2D eigenvalue weighted by Crippen LogP contribution is -2.50. The maximum absolute atomic E-state index is 12.7. The number of hydrogen-bond acceptors (Lipinski definition) is 5. The highest BCUT2D eigenvalue weighted by Crippen LogP contribution is 2.20. The van der Waals surface area contributed by atoms with Gasteiger partial charge in [-0.25, -0.2) is 8.42 Å². The van der Waals surface area contributed by atoms with Gasteiger partial charge in [-0.3, -0.25) is 4.79 Å². The summed E-state index contributed by atoms with van der Waals surface area (Å²) in [6.07, 6.45) is 0. The Morgan fingerprint density at radius 2 is 1.81 bits per heavy atom. The average molecular weight is 411 g/mol. The fraction of sp³-hybridized carbons (Fsp3) is 0.389. The predicted molar refractivity (Wildman–Crippen MR) is 107 cm³/mol. The van der Waals surface area contributed by atoms with Gasteiger partial charge in [0.2, 0.25) is 15.9 Å². The van der Waals surface area contributed by atoms with Crippen molar-refractivity contribution in [2.24, 2.45) is 0 Å². The van der Waals surface area contributed by atoms with Crippen molar-refractivity contribution in [3.63, 3.8) is 0 Å². The van der Waals surface area contributed by atoms with Crippen LogP contribution in [-0.4, -0.2) is 55.5 Å². The van der Waals surface area contributed by atoms with E-state index in [1.807, 2.05) is 18.4 Å². The van der Waals surface area contributed by atoms with Gasteiger partial charge in [0.15, 0.2) is 0 Å². The summed E-state index contributed by atoms with van der Waals surface area (Å²) >= 11 is 3.30.